The highest BCUT2D eigenvalue weighted by Gasteiger charge is 2.33. The third-order valence-electron chi connectivity index (χ3n) is 2.81. The summed E-state index contributed by atoms with van der Waals surface area (Å²) < 4.78 is 44.7. The molecule has 2 rings (SSSR count). The van der Waals surface area contributed by atoms with Crippen LogP contribution in [0.25, 0.3) is 0 Å². The van der Waals surface area contributed by atoms with Crippen molar-refractivity contribution in [3.8, 4) is 6.07 Å². The fourth-order valence-electron chi connectivity index (χ4n) is 1.83. The van der Waals surface area contributed by atoms with Gasteiger partial charge in [-0.1, -0.05) is 11.6 Å². The predicted octanol–water partition coefficient (Wildman–Crippen LogP) is 0.974. The number of hydrogen-bond donors (Lipinski definition) is 1. The molecule has 108 valence electrons. The fourth-order valence-corrected chi connectivity index (χ4v) is 3.66. The van der Waals surface area contributed by atoms with Crippen molar-refractivity contribution in [3.63, 3.8) is 0 Å². The Kier molecular flexibility index (Phi) is 4.15. The Morgan fingerprint density at radius 2 is 2.25 bits per heavy atom. The second-order valence-electron chi connectivity index (χ2n) is 4.17. The summed E-state index contributed by atoms with van der Waals surface area (Å²) in [6.45, 7) is -0.0633. The lowest BCUT2D eigenvalue weighted by atomic mass is 10.3. The summed E-state index contributed by atoms with van der Waals surface area (Å²) in [6, 6.07) is 3.96. The third kappa shape index (κ3) is 2.71. The number of sulfonamides is 1. The van der Waals surface area contributed by atoms with E-state index in [1.54, 1.807) is 0 Å². The van der Waals surface area contributed by atoms with E-state index in [0.717, 1.165) is 16.4 Å². The second kappa shape index (κ2) is 5.54. The van der Waals surface area contributed by atoms with E-state index < -0.39 is 26.8 Å². The number of nitriles is 1. The zero-order valence-electron chi connectivity index (χ0n) is 10.2. The summed E-state index contributed by atoms with van der Waals surface area (Å²) in [6.07, 6.45) is -0.877. The minimum absolute atomic E-state index is 0.0341. The smallest absolute Gasteiger partial charge is 0.246 e. The van der Waals surface area contributed by atoms with Crippen molar-refractivity contribution in [1.29, 1.82) is 5.26 Å². The molecule has 2 N–H and O–H groups in total. The van der Waals surface area contributed by atoms with Gasteiger partial charge in [0.15, 0.2) is 11.9 Å². The summed E-state index contributed by atoms with van der Waals surface area (Å²) in [7, 11) is -4.12. The van der Waals surface area contributed by atoms with Crippen molar-refractivity contribution in [2.75, 3.05) is 25.4 Å². The lowest BCUT2D eigenvalue weighted by Crippen LogP contribution is -2.45. The minimum atomic E-state index is -4.12. The number of halogens is 2. The van der Waals surface area contributed by atoms with Crippen LogP contribution in [0.3, 0.4) is 0 Å². The maximum absolute atomic E-state index is 13.9. The molecule has 1 fully saturated rings. The van der Waals surface area contributed by atoms with Crippen molar-refractivity contribution < 1.29 is 17.5 Å². The topological polar surface area (TPSA) is 96.4 Å². The molecule has 1 unspecified atom stereocenters. The Hall–Kier alpha value is -1.40. The molecule has 0 aromatic heterocycles. The molecule has 0 radical (unpaired) electrons. The van der Waals surface area contributed by atoms with Crippen LogP contribution in [0.4, 0.5) is 10.1 Å². The first kappa shape index (κ1) is 15.0. The number of morpholine rings is 1. The first-order valence-corrected chi connectivity index (χ1v) is 7.44. The van der Waals surface area contributed by atoms with Crippen molar-refractivity contribution in [1.82, 2.24) is 4.31 Å². The van der Waals surface area contributed by atoms with Gasteiger partial charge in [-0.05, 0) is 12.1 Å². The van der Waals surface area contributed by atoms with E-state index in [9.17, 15) is 12.8 Å². The molecule has 0 spiro atoms. The summed E-state index contributed by atoms with van der Waals surface area (Å²) in [5.41, 5.74) is 5.54. The van der Waals surface area contributed by atoms with E-state index in [4.69, 9.17) is 27.3 Å². The van der Waals surface area contributed by atoms with Gasteiger partial charge in [0.1, 0.15) is 4.90 Å². The van der Waals surface area contributed by atoms with E-state index in [1.165, 1.54) is 0 Å². The van der Waals surface area contributed by atoms with E-state index in [-0.39, 0.29) is 30.4 Å². The normalized spacial score (nSPS) is 20.6. The molecule has 1 saturated heterocycles. The molecule has 1 aliphatic rings. The zero-order valence-corrected chi connectivity index (χ0v) is 11.8. The van der Waals surface area contributed by atoms with Crippen LogP contribution >= 0.6 is 11.6 Å². The number of nitrogens with two attached hydrogens (primary N) is 1. The van der Waals surface area contributed by atoms with Crippen LogP contribution in [0.2, 0.25) is 5.02 Å². The average Bonchev–Trinajstić information content (AvgIpc) is 2.42. The fraction of sp³-hybridized carbons (Fsp3) is 0.364. The standard InChI is InChI=1S/C11H11ClFN3O3S/c12-9-3-7(15)4-10(11(9)13)20(17,18)16-1-2-19-8(5-14)6-16/h3-4,8H,1-2,6,15H2. The number of benzene rings is 1. The van der Waals surface area contributed by atoms with Crippen LogP contribution in [0.1, 0.15) is 0 Å². The largest absolute Gasteiger partial charge is 0.399 e. The Morgan fingerprint density at radius 3 is 2.90 bits per heavy atom. The van der Waals surface area contributed by atoms with Crippen LogP contribution in [0.5, 0.6) is 0 Å². The van der Waals surface area contributed by atoms with Gasteiger partial charge in [0.2, 0.25) is 10.0 Å². The number of ether oxygens (including phenoxy) is 1. The highest BCUT2D eigenvalue weighted by molar-refractivity contribution is 7.89. The Balaban J connectivity index is 2.43. The van der Waals surface area contributed by atoms with Gasteiger partial charge in [0.05, 0.1) is 24.2 Å². The first-order valence-electron chi connectivity index (χ1n) is 5.62. The number of nitrogen functional groups attached to an aromatic ring is 1. The van der Waals surface area contributed by atoms with Gasteiger partial charge < -0.3 is 10.5 Å². The second-order valence-corrected chi connectivity index (χ2v) is 6.48. The Morgan fingerprint density at radius 1 is 1.55 bits per heavy atom. The van der Waals surface area contributed by atoms with Crippen LogP contribution in [-0.4, -0.2) is 38.5 Å². The minimum Gasteiger partial charge on any atom is -0.399 e. The summed E-state index contributed by atoms with van der Waals surface area (Å²) in [5.74, 6) is -1.05. The van der Waals surface area contributed by atoms with Crippen LogP contribution in [-0.2, 0) is 14.8 Å². The molecule has 0 aliphatic carbocycles. The first-order chi connectivity index (χ1) is 9.36. The maximum Gasteiger partial charge on any atom is 0.246 e. The average molecular weight is 320 g/mol. The molecule has 9 heteroatoms. The quantitative estimate of drug-likeness (QED) is 0.819. The monoisotopic (exact) mass is 319 g/mol. The molecular weight excluding hydrogens is 309 g/mol. The molecule has 0 amide bonds. The SMILES string of the molecule is N#CC1CN(S(=O)(=O)c2cc(N)cc(Cl)c2F)CCO1. The summed E-state index contributed by atoms with van der Waals surface area (Å²) in [5, 5.41) is 8.41. The van der Waals surface area contributed by atoms with Gasteiger partial charge in [0, 0.05) is 12.2 Å². The lowest BCUT2D eigenvalue weighted by Gasteiger charge is -2.29. The molecule has 0 bridgehead atoms. The third-order valence-corrected chi connectivity index (χ3v) is 4.95. The molecule has 1 atom stereocenters. The van der Waals surface area contributed by atoms with Crippen molar-refractivity contribution in [2.45, 2.75) is 11.0 Å². The molecule has 1 aliphatic heterocycles. The van der Waals surface area contributed by atoms with Gasteiger partial charge in [0.25, 0.3) is 0 Å². The van der Waals surface area contributed by atoms with Crippen LogP contribution < -0.4 is 5.73 Å². The van der Waals surface area contributed by atoms with E-state index in [2.05, 4.69) is 0 Å². The molecule has 1 aromatic rings. The van der Waals surface area contributed by atoms with Gasteiger partial charge in [-0.25, -0.2) is 12.8 Å². The highest BCUT2D eigenvalue weighted by atomic mass is 35.5. The maximum atomic E-state index is 13.9. The molecule has 6 nitrogen and oxygen atoms in total. The lowest BCUT2D eigenvalue weighted by molar-refractivity contribution is 0.0311. The van der Waals surface area contributed by atoms with Crippen LogP contribution in [0.15, 0.2) is 17.0 Å². The number of nitrogens with zero attached hydrogens (tertiary/aromatic N) is 2. The van der Waals surface area contributed by atoms with Crippen molar-refractivity contribution in [3.05, 3.63) is 23.0 Å². The van der Waals surface area contributed by atoms with E-state index in [0.29, 0.717) is 0 Å². The Labute approximate surface area is 120 Å². The molecule has 1 aromatic carbocycles. The molecule has 0 saturated carbocycles. The van der Waals surface area contributed by atoms with Gasteiger partial charge in [-0.2, -0.15) is 9.57 Å². The molecular formula is C11H11ClFN3O3S. The number of rotatable bonds is 2. The molecule has 20 heavy (non-hydrogen) atoms. The Bertz CT molecular complexity index is 674. The molecule has 1 heterocycles. The van der Waals surface area contributed by atoms with Gasteiger partial charge in [-0.15, -0.1) is 0 Å². The van der Waals surface area contributed by atoms with Crippen molar-refractivity contribution in [2.24, 2.45) is 0 Å². The van der Waals surface area contributed by atoms with Gasteiger partial charge in [-0.3, -0.25) is 0 Å². The zero-order chi connectivity index (χ0) is 14.9. The van der Waals surface area contributed by atoms with Crippen LogP contribution in [0, 0.1) is 17.1 Å². The van der Waals surface area contributed by atoms with Crippen molar-refractivity contribution >= 4 is 27.3 Å². The highest BCUT2D eigenvalue weighted by Crippen LogP contribution is 2.28. The van der Waals surface area contributed by atoms with E-state index >= 15 is 0 Å². The van der Waals surface area contributed by atoms with Gasteiger partial charge >= 0.3 is 0 Å². The number of hydrogen-bond acceptors (Lipinski definition) is 5. The van der Waals surface area contributed by atoms with E-state index in [1.807, 2.05) is 6.07 Å². The summed E-state index contributed by atoms with van der Waals surface area (Å²) >= 11 is 5.61. The predicted molar refractivity (Wildman–Crippen MR) is 69.9 cm³/mol. The summed E-state index contributed by atoms with van der Waals surface area (Å²) in [4.78, 5) is -0.596. The number of anilines is 1.